The van der Waals surface area contributed by atoms with E-state index in [1.165, 1.54) is 38.5 Å². The molecule has 0 aliphatic heterocycles. The SMILES string of the molecule is CCCCCCCCCC(O)CCCCCCCC(CCCCCC)S(=O)(=O)[O-].[K+]. The Kier molecular flexibility index (Phi) is 26.6. The van der Waals surface area contributed by atoms with Crippen LogP contribution in [0, 0.1) is 0 Å². The van der Waals surface area contributed by atoms with Gasteiger partial charge in [-0.3, -0.25) is 0 Å². The van der Waals surface area contributed by atoms with Crippen molar-refractivity contribution in [3.05, 3.63) is 0 Å². The van der Waals surface area contributed by atoms with Gasteiger partial charge in [0.1, 0.15) is 0 Å². The minimum Gasteiger partial charge on any atom is -0.748 e. The van der Waals surface area contributed by atoms with Gasteiger partial charge in [0.2, 0.25) is 0 Å². The van der Waals surface area contributed by atoms with E-state index >= 15 is 0 Å². The van der Waals surface area contributed by atoms with E-state index in [0.29, 0.717) is 12.8 Å². The molecule has 0 amide bonds. The van der Waals surface area contributed by atoms with Crippen molar-refractivity contribution in [1.29, 1.82) is 0 Å². The van der Waals surface area contributed by atoms with Crippen LogP contribution in [0.25, 0.3) is 0 Å². The Morgan fingerprint density at radius 1 is 0.600 bits per heavy atom. The average molecular weight is 473 g/mol. The summed E-state index contributed by atoms with van der Waals surface area (Å²) in [6, 6.07) is 0. The fraction of sp³-hybridized carbons (Fsp3) is 1.00. The molecule has 0 fully saturated rings. The standard InChI is InChI=1S/C24H50O4S.K/c1-3-5-7-9-10-12-15-19-23(25)20-16-13-11-14-18-22-24(29(26,27)28)21-17-8-6-4-2;/h23-25H,3-22H2,1-2H3,(H,26,27,28);/q;+1/p-1. The van der Waals surface area contributed by atoms with Crippen LogP contribution in [0.1, 0.15) is 142 Å². The average Bonchev–Trinajstić information content (AvgIpc) is 2.67. The fourth-order valence-corrected chi connectivity index (χ4v) is 4.91. The second kappa shape index (κ2) is 23.7. The van der Waals surface area contributed by atoms with E-state index in [2.05, 4.69) is 13.8 Å². The summed E-state index contributed by atoms with van der Waals surface area (Å²) in [4.78, 5) is 0. The van der Waals surface area contributed by atoms with Crippen molar-refractivity contribution in [2.75, 3.05) is 0 Å². The first kappa shape index (κ1) is 33.7. The number of rotatable bonds is 22. The molecule has 0 aliphatic rings. The largest absolute Gasteiger partial charge is 1.00 e. The number of aliphatic hydroxyl groups excluding tert-OH is 1. The molecule has 30 heavy (non-hydrogen) atoms. The van der Waals surface area contributed by atoms with Gasteiger partial charge in [-0.1, -0.05) is 117 Å². The van der Waals surface area contributed by atoms with Crippen LogP contribution in [0.15, 0.2) is 0 Å². The molecule has 1 N–H and O–H groups in total. The summed E-state index contributed by atoms with van der Waals surface area (Å²) in [5.41, 5.74) is 0. The first-order chi connectivity index (χ1) is 13.9. The molecule has 0 aliphatic carbocycles. The fourth-order valence-electron chi connectivity index (χ4n) is 4.00. The van der Waals surface area contributed by atoms with Gasteiger partial charge in [0.05, 0.1) is 16.2 Å². The van der Waals surface area contributed by atoms with Gasteiger partial charge in [0, 0.05) is 5.25 Å². The Morgan fingerprint density at radius 2 is 0.900 bits per heavy atom. The van der Waals surface area contributed by atoms with Gasteiger partial charge in [-0.05, 0) is 25.7 Å². The smallest absolute Gasteiger partial charge is 0.748 e. The Morgan fingerprint density at radius 3 is 1.27 bits per heavy atom. The molecule has 0 aromatic rings. The second-order valence-electron chi connectivity index (χ2n) is 8.87. The van der Waals surface area contributed by atoms with Gasteiger partial charge in [-0.15, -0.1) is 0 Å². The van der Waals surface area contributed by atoms with Crippen molar-refractivity contribution in [1.82, 2.24) is 0 Å². The summed E-state index contributed by atoms with van der Waals surface area (Å²) in [6.45, 7) is 4.36. The van der Waals surface area contributed by atoms with Crippen molar-refractivity contribution in [3.8, 4) is 0 Å². The molecule has 0 aromatic heterocycles. The summed E-state index contributed by atoms with van der Waals surface area (Å²) in [6.07, 6.45) is 20.7. The van der Waals surface area contributed by atoms with Crippen LogP contribution in [0.4, 0.5) is 0 Å². The van der Waals surface area contributed by atoms with Gasteiger partial charge < -0.3 is 9.66 Å². The zero-order valence-corrected chi connectivity index (χ0v) is 24.3. The molecule has 4 nitrogen and oxygen atoms in total. The first-order valence-corrected chi connectivity index (χ1v) is 14.0. The maximum atomic E-state index is 11.4. The minimum absolute atomic E-state index is 0. The summed E-state index contributed by atoms with van der Waals surface area (Å²) < 4.78 is 34.3. The Labute approximate surface area is 230 Å². The molecule has 0 heterocycles. The summed E-state index contributed by atoms with van der Waals surface area (Å²) in [7, 11) is -4.16. The third-order valence-electron chi connectivity index (χ3n) is 5.99. The zero-order valence-electron chi connectivity index (χ0n) is 20.4. The molecular formula is C24H49KO4S. The van der Waals surface area contributed by atoms with Crippen molar-refractivity contribution >= 4 is 10.1 Å². The van der Waals surface area contributed by atoms with Crippen LogP contribution >= 0.6 is 0 Å². The van der Waals surface area contributed by atoms with Crippen molar-refractivity contribution < 1.29 is 69.5 Å². The van der Waals surface area contributed by atoms with Crippen LogP contribution in [-0.2, 0) is 10.1 Å². The molecule has 2 unspecified atom stereocenters. The number of aliphatic hydroxyl groups is 1. The minimum atomic E-state index is -4.16. The predicted molar refractivity (Wildman–Crippen MR) is 123 cm³/mol. The quantitative estimate of drug-likeness (QED) is 0.146. The molecular weight excluding hydrogens is 423 g/mol. The molecule has 0 rings (SSSR count). The van der Waals surface area contributed by atoms with E-state index < -0.39 is 15.4 Å². The molecule has 6 heteroatoms. The van der Waals surface area contributed by atoms with E-state index in [1.807, 2.05) is 0 Å². The van der Waals surface area contributed by atoms with Crippen LogP contribution in [0.5, 0.6) is 0 Å². The van der Waals surface area contributed by atoms with Gasteiger partial charge in [-0.25, -0.2) is 8.42 Å². The zero-order chi connectivity index (χ0) is 21.8. The third-order valence-corrected chi connectivity index (χ3v) is 7.28. The van der Waals surface area contributed by atoms with E-state index in [9.17, 15) is 18.1 Å². The topological polar surface area (TPSA) is 77.4 Å². The summed E-state index contributed by atoms with van der Waals surface area (Å²) in [5.74, 6) is 0. The monoisotopic (exact) mass is 472 g/mol. The van der Waals surface area contributed by atoms with Gasteiger partial charge in [0.25, 0.3) is 0 Å². The molecule has 176 valence electrons. The van der Waals surface area contributed by atoms with E-state index in [0.717, 1.165) is 77.0 Å². The molecule has 0 saturated carbocycles. The van der Waals surface area contributed by atoms with Gasteiger partial charge >= 0.3 is 51.4 Å². The predicted octanol–water partition coefficient (Wildman–Crippen LogP) is 4.11. The van der Waals surface area contributed by atoms with Crippen molar-refractivity contribution in [2.24, 2.45) is 0 Å². The molecule has 0 radical (unpaired) electrons. The van der Waals surface area contributed by atoms with Gasteiger partial charge in [-0.2, -0.15) is 0 Å². The molecule has 0 saturated heterocycles. The Bertz CT molecular complexity index is 442. The van der Waals surface area contributed by atoms with Crippen LogP contribution in [-0.4, -0.2) is 29.4 Å². The second-order valence-corrected chi connectivity index (χ2v) is 10.5. The van der Waals surface area contributed by atoms with E-state index in [4.69, 9.17) is 0 Å². The van der Waals surface area contributed by atoms with Gasteiger partial charge in [0.15, 0.2) is 0 Å². The van der Waals surface area contributed by atoms with Crippen LogP contribution in [0.2, 0.25) is 0 Å². The summed E-state index contributed by atoms with van der Waals surface area (Å²) >= 11 is 0. The number of unbranched alkanes of at least 4 members (excludes halogenated alkanes) is 13. The van der Waals surface area contributed by atoms with Crippen molar-refractivity contribution in [3.63, 3.8) is 0 Å². The molecule has 0 bridgehead atoms. The maximum absolute atomic E-state index is 11.4. The van der Waals surface area contributed by atoms with E-state index in [1.54, 1.807) is 0 Å². The normalized spacial score (nSPS) is 13.7. The Balaban J connectivity index is 0. The summed E-state index contributed by atoms with van der Waals surface area (Å²) in [5, 5.41) is 9.38. The van der Waals surface area contributed by atoms with E-state index in [-0.39, 0.29) is 57.5 Å². The van der Waals surface area contributed by atoms with Crippen LogP contribution in [0.3, 0.4) is 0 Å². The molecule has 2 atom stereocenters. The van der Waals surface area contributed by atoms with Crippen LogP contribution < -0.4 is 51.4 Å². The Hall–Kier alpha value is 1.51. The number of hydrogen-bond acceptors (Lipinski definition) is 4. The molecule has 0 aromatic carbocycles. The number of hydrogen-bond donors (Lipinski definition) is 1. The third kappa shape index (κ3) is 22.7. The first-order valence-electron chi connectivity index (χ1n) is 12.5. The maximum Gasteiger partial charge on any atom is 1.00 e. The van der Waals surface area contributed by atoms with Crippen molar-refractivity contribution in [2.45, 2.75) is 154 Å². The molecule has 0 spiro atoms.